The largest absolute Gasteiger partial charge is 0.474 e. The molecular formula is C10H12N2O2S. The Morgan fingerprint density at radius 3 is 3.33 bits per heavy atom. The number of aromatic nitrogens is 1. The summed E-state index contributed by atoms with van der Waals surface area (Å²) in [5, 5.41) is 0. The lowest BCUT2D eigenvalue weighted by molar-refractivity contribution is -0.118. The monoisotopic (exact) mass is 224 g/mol. The average molecular weight is 224 g/mol. The Bertz CT molecular complexity index is 370. The van der Waals surface area contributed by atoms with Gasteiger partial charge in [-0.25, -0.2) is 4.98 Å². The van der Waals surface area contributed by atoms with Crippen LogP contribution in [0.5, 0.6) is 5.88 Å². The molecule has 2 heterocycles. The van der Waals surface area contributed by atoms with E-state index >= 15 is 0 Å². The van der Waals surface area contributed by atoms with Crippen LogP contribution in [0, 0.1) is 0 Å². The van der Waals surface area contributed by atoms with Crippen molar-refractivity contribution in [2.45, 2.75) is 6.42 Å². The van der Waals surface area contributed by atoms with Gasteiger partial charge in [0.1, 0.15) is 12.3 Å². The Balaban J connectivity index is 2.25. The van der Waals surface area contributed by atoms with Crippen LogP contribution in [0.3, 0.4) is 0 Å². The fourth-order valence-electron chi connectivity index (χ4n) is 1.54. The topological polar surface area (TPSA) is 42.4 Å². The lowest BCUT2D eigenvalue weighted by atomic mass is 10.3. The summed E-state index contributed by atoms with van der Waals surface area (Å²) in [6.07, 6.45) is 2.10. The molecule has 4 nitrogen and oxygen atoms in total. The van der Waals surface area contributed by atoms with E-state index in [1.54, 1.807) is 17.2 Å². The first kappa shape index (κ1) is 10.3. The van der Waals surface area contributed by atoms with E-state index in [1.807, 2.05) is 6.07 Å². The molecule has 0 aliphatic carbocycles. The van der Waals surface area contributed by atoms with Gasteiger partial charge in [0, 0.05) is 12.6 Å². The van der Waals surface area contributed by atoms with Crippen LogP contribution < -0.4 is 9.64 Å². The summed E-state index contributed by atoms with van der Waals surface area (Å²) in [6.45, 7) is 1.09. The number of ether oxygens (including phenoxy) is 1. The number of rotatable bonds is 2. The van der Waals surface area contributed by atoms with Gasteiger partial charge in [-0.3, -0.25) is 4.79 Å². The molecule has 1 amide bonds. The quantitative estimate of drug-likeness (QED) is 0.766. The molecule has 0 unspecified atom stereocenters. The zero-order chi connectivity index (χ0) is 10.7. The van der Waals surface area contributed by atoms with Gasteiger partial charge >= 0.3 is 0 Å². The predicted octanol–water partition coefficient (Wildman–Crippen LogP) is 1.13. The van der Waals surface area contributed by atoms with E-state index in [-0.39, 0.29) is 5.91 Å². The SMILES string of the molecule is O=C(CCS)N1CCOc2ncccc21. The summed E-state index contributed by atoms with van der Waals surface area (Å²) in [4.78, 5) is 17.5. The zero-order valence-electron chi connectivity index (χ0n) is 8.22. The van der Waals surface area contributed by atoms with Gasteiger partial charge in [-0.2, -0.15) is 12.6 Å². The summed E-state index contributed by atoms with van der Waals surface area (Å²) in [7, 11) is 0. The number of thiol groups is 1. The maximum Gasteiger partial charge on any atom is 0.238 e. The third-order valence-corrected chi connectivity index (χ3v) is 2.45. The Morgan fingerprint density at radius 1 is 1.67 bits per heavy atom. The number of amides is 1. The molecule has 0 saturated heterocycles. The van der Waals surface area contributed by atoms with Crippen molar-refractivity contribution >= 4 is 24.2 Å². The van der Waals surface area contributed by atoms with Crippen molar-refractivity contribution in [3.63, 3.8) is 0 Å². The Labute approximate surface area is 93.7 Å². The average Bonchev–Trinajstić information content (AvgIpc) is 2.28. The number of carbonyl (C=O) groups excluding carboxylic acids is 1. The fourth-order valence-corrected chi connectivity index (χ4v) is 1.73. The molecule has 0 bridgehead atoms. The lowest BCUT2D eigenvalue weighted by Gasteiger charge is -2.28. The normalized spacial score (nSPS) is 14.3. The van der Waals surface area contributed by atoms with Crippen LogP contribution >= 0.6 is 12.6 Å². The van der Waals surface area contributed by atoms with Gasteiger partial charge in [0.05, 0.1) is 6.54 Å². The molecule has 0 spiro atoms. The summed E-state index contributed by atoms with van der Waals surface area (Å²) in [5.41, 5.74) is 0.760. The molecule has 1 aromatic heterocycles. The number of hydrogen-bond acceptors (Lipinski definition) is 4. The van der Waals surface area contributed by atoms with Crippen LogP contribution in [0.25, 0.3) is 0 Å². The van der Waals surface area contributed by atoms with Crippen molar-refractivity contribution in [2.24, 2.45) is 0 Å². The van der Waals surface area contributed by atoms with Gasteiger partial charge in [-0.15, -0.1) is 0 Å². The zero-order valence-corrected chi connectivity index (χ0v) is 9.11. The van der Waals surface area contributed by atoms with Crippen LogP contribution in [0.1, 0.15) is 6.42 Å². The van der Waals surface area contributed by atoms with Gasteiger partial charge in [-0.1, -0.05) is 0 Å². The maximum atomic E-state index is 11.8. The van der Waals surface area contributed by atoms with Crippen LogP contribution in [-0.4, -0.2) is 29.8 Å². The molecule has 0 radical (unpaired) electrons. The van der Waals surface area contributed by atoms with E-state index < -0.39 is 0 Å². The molecule has 0 atom stereocenters. The number of pyridine rings is 1. The number of nitrogens with zero attached hydrogens (tertiary/aromatic N) is 2. The molecule has 0 aromatic carbocycles. The van der Waals surface area contributed by atoms with Crippen LogP contribution in [-0.2, 0) is 4.79 Å². The second-order valence-corrected chi connectivity index (χ2v) is 3.64. The van der Waals surface area contributed by atoms with Crippen molar-refractivity contribution in [2.75, 3.05) is 23.8 Å². The van der Waals surface area contributed by atoms with Crippen molar-refractivity contribution in [3.05, 3.63) is 18.3 Å². The van der Waals surface area contributed by atoms with E-state index in [9.17, 15) is 4.79 Å². The molecular weight excluding hydrogens is 212 g/mol. The Morgan fingerprint density at radius 2 is 2.53 bits per heavy atom. The number of anilines is 1. The minimum Gasteiger partial charge on any atom is -0.474 e. The lowest BCUT2D eigenvalue weighted by Crippen LogP contribution is -2.38. The molecule has 15 heavy (non-hydrogen) atoms. The number of carbonyl (C=O) groups is 1. The molecule has 1 aliphatic rings. The highest BCUT2D eigenvalue weighted by Gasteiger charge is 2.23. The highest BCUT2D eigenvalue weighted by atomic mass is 32.1. The Kier molecular flexibility index (Phi) is 3.11. The third kappa shape index (κ3) is 2.07. The second-order valence-electron chi connectivity index (χ2n) is 3.20. The van der Waals surface area contributed by atoms with Crippen molar-refractivity contribution in [3.8, 4) is 5.88 Å². The van der Waals surface area contributed by atoms with Gasteiger partial charge in [0.25, 0.3) is 0 Å². The highest BCUT2D eigenvalue weighted by Crippen LogP contribution is 2.28. The molecule has 0 N–H and O–H groups in total. The minimum atomic E-state index is 0.0718. The molecule has 2 rings (SSSR count). The van der Waals surface area contributed by atoms with E-state index in [2.05, 4.69) is 17.6 Å². The van der Waals surface area contributed by atoms with Crippen molar-refractivity contribution < 1.29 is 9.53 Å². The Hall–Kier alpha value is -1.23. The predicted molar refractivity (Wildman–Crippen MR) is 60.6 cm³/mol. The van der Waals surface area contributed by atoms with E-state index in [4.69, 9.17) is 4.74 Å². The molecule has 0 saturated carbocycles. The minimum absolute atomic E-state index is 0.0718. The molecule has 5 heteroatoms. The first-order valence-corrected chi connectivity index (χ1v) is 5.45. The summed E-state index contributed by atoms with van der Waals surface area (Å²) in [5.74, 6) is 1.17. The molecule has 1 aromatic rings. The third-order valence-electron chi connectivity index (χ3n) is 2.22. The van der Waals surface area contributed by atoms with Crippen molar-refractivity contribution in [1.29, 1.82) is 0 Å². The van der Waals surface area contributed by atoms with Gasteiger partial charge in [0.15, 0.2) is 0 Å². The standard InChI is InChI=1S/C10H12N2O2S/c13-9(3-7-15)12-5-6-14-10-8(12)2-1-4-11-10/h1-2,4,15H,3,5-7H2. The van der Waals surface area contributed by atoms with Crippen LogP contribution in [0.2, 0.25) is 0 Å². The van der Waals surface area contributed by atoms with E-state index in [0.29, 0.717) is 31.2 Å². The fraction of sp³-hybridized carbons (Fsp3) is 0.400. The smallest absolute Gasteiger partial charge is 0.238 e. The van der Waals surface area contributed by atoms with Gasteiger partial charge in [0.2, 0.25) is 11.8 Å². The molecule has 80 valence electrons. The van der Waals surface area contributed by atoms with E-state index in [0.717, 1.165) is 5.69 Å². The van der Waals surface area contributed by atoms with Gasteiger partial charge in [-0.05, 0) is 17.9 Å². The van der Waals surface area contributed by atoms with Crippen molar-refractivity contribution in [1.82, 2.24) is 4.98 Å². The summed E-state index contributed by atoms with van der Waals surface area (Å²) < 4.78 is 5.36. The van der Waals surface area contributed by atoms with Crippen LogP contribution in [0.4, 0.5) is 5.69 Å². The maximum absolute atomic E-state index is 11.8. The number of fused-ring (bicyclic) bond motifs is 1. The van der Waals surface area contributed by atoms with Gasteiger partial charge < -0.3 is 9.64 Å². The first-order chi connectivity index (χ1) is 7.33. The van der Waals surface area contributed by atoms with Crippen LogP contribution in [0.15, 0.2) is 18.3 Å². The first-order valence-electron chi connectivity index (χ1n) is 4.82. The summed E-state index contributed by atoms with van der Waals surface area (Å²) >= 11 is 4.06. The highest BCUT2D eigenvalue weighted by molar-refractivity contribution is 7.80. The number of hydrogen-bond donors (Lipinski definition) is 1. The van der Waals surface area contributed by atoms with E-state index in [1.165, 1.54) is 0 Å². The molecule has 1 aliphatic heterocycles. The second kappa shape index (κ2) is 4.53. The summed E-state index contributed by atoms with van der Waals surface area (Å²) in [6, 6.07) is 3.65. The molecule has 0 fully saturated rings.